The minimum absolute atomic E-state index is 0.301. The number of esters is 1. The van der Waals surface area contributed by atoms with Crippen LogP contribution in [0.3, 0.4) is 0 Å². The summed E-state index contributed by atoms with van der Waals surface area (Å²) in [5.74, 6) is 0.0760. The van der Waals surface area contributed by atoms with Gasteiger partial charge in [-0.1, -0.05) is 0 Å². The summed E-state index contributed by atoms with van der Waals surface area (Å²) in [6.07, 6.45) is -0.852. The lowest BCUT2D eigenvalue weighted by atomic mass is 10.2. The molecule has 0 aliphatic carbocycles. The summed E-state index contributed by atoms with van der Waals surface area (Å²) < 4.78 is 15.7. The number of carbonyl (C=O) groups is 2. The third-order valence-corrected chi connectivity index (χ3v) is 2.70. The highest BCUT2D eigenvalue weighted by atomic mass is 16.5. The fourth-order valence-corrected chi connectivity index (χ4v) is 1.67. The Morgan fingerprint density at radius 3 is 2.52 bits per heavy atom. The van der Waals surface area contributed by atoms with Crippen LogP contribution in [0.15, 0.2) is 18.2 Å². The number of methoxy groups -OCH3 is 1. The second-order valence-corrected chi connectivity index (χ2v) is 4.24. The molecule has 0 unspecified atom stereocenters. The van der Waals surface area contributed by atoms with E-state index in [0.29, 0.717) is 30.2 Å². The second kappa shape index (κ2) is 8.14. The topological polar surface area (TPSA) is 73.9 Å². The van der Waals surface area contributed by atoms with E-state index >= 15 is 0 Å². The van der Waals surface area contributed by atoms with Gasteiger partial charge in [0.2, 0.25) is 0 Å². The van der Waals surface area contributed by atoms with E-state index in [1.807, 2.05) is 6.92 Å². The predicted octanol–water partition coefficient (Wildman–Crippen LogP) is 1.78. The van der Waals surface area contributed by atoms with Crippen LogP contribution in [0.4, 0.5) is 0 Å². The summed E-state index contributed by atoms with van der Waals surface area (Å²) in [4.78, 5) is 23.6. The van der Waals surface area contributed by atoms with Gasteiger partial charge in [-0.3, -0.25) is 4.79 Å². The van der Waals surface area contributed by atoms with Gasteiger partial charge in [0.1, 0.15) is 0 Å². The van der Waals surface area contributed by atoms with Gasteiger partial charge in [-0.2, -0.15) is 0 Å². The molecule has 1 aromatic rings. The number of likely N-dealkylation sites (N-methyl/N-ethyl adjacent to an activating group) is 1. The molecule has 0 aromatic heterocycles. The van der Waals surface area contributed by atoms with Crippen molar-refractivity contribution >= 4 is 11.9 Å². The van der Waals surface area contributed by atoms with Gasteiger partial charge < -0.3 is 19.5 Å². The third kappa shape index (κ3) is 4.66. The molecule has 1 atom stereocenters. The molecule has 0 fully saturated rings. The average Bonchev–Trinajstić information content (AvgIpc) is 2.47. The monoisotopic (exact) mass is 295 g/mol. The molecule has 0 aliphatic rings. The first-order valence-electron chi connectivity index (χ1n) is 6.83. The molecule has 1 aromatic carbocycles. The van der Waals surface area contributed by atoms with Crippen LogP contribution in [0.5, 0.6) is 11.5 Å². The van der Waals surface area contributed by atoms with Gasteiger partial charge in [0.25, 0.3) is 5.91 Å². The van der Waals surface area contributed by atoms with E-state index in [0.717, 1.165) is 0 Å². The van der Waals surface area contributed by atoms with E-state index < -0.39 is 12.1 Å². The maximum atomic E-state index is 12.0. The molecule has 0 heterocycles. The lowest BCUT2D eigenvalue weighted by Gasteiger charge is -2.14. The Morgan fingerprint density at radius 1 is 1.24 bits per heavy atom. The molecule has 0 spiro atoms. The zero-order chi connectivity index (χ0) is 15.8. The molecule has 21 heavy (non-hydrogen) atoms. The Labute approximate surface area is 124 Å². The Balaban J connectivity index is 2.82. The summed E-state index contributed by atoms with van der Waals surface area (Å²) >= 11 is 0. The number of hydrogen-bond acceptors (Lipinski definition) is 5. The van der Waals surface area contributed by atoms with Crippen LogP contribution < -0.4 is 14.8 Å². The minimum atomic E-state index is -0.852. The highest BCUT2D eigenvalue weighted by Crippen LogP contribution is 2.28. The van der Waals surface area contributed by atoms with Crippen molar-refractivity contribution in [3.8, 4) is 11.5 Å². The summed E-state index contributed by atoms with van der Waals surface area (Å²) in [6, 6.07) is 4.72. The van der Waals surface area contributed by atoms with Gasteiger partial charge in [-0.05, 0) is 39.0 Å². The van der Waals surface area contributed by atoms with Crippen LogP contribution in [0, 0.1) is 0 Å². The van der Waals surface area contributed by atoms with Gasteiger partial charge in [-0.15, -0.1) is 0 Å². The average molecular weight is 295 g/mol. The van der Waals surface area contributed by atoms with E-state index in [4.69, 9.17) is 14.2 Å². The lowest BCUT2D eigenvalue weighted by Crippen LogP contribution is -2.35. The van der Waals surface area contributed by atoms with Gasteiger partial charge in [0.15, 0.2) is 17.6 Å². The zero-order valence-corrected chi connectivity index (χ0v) is 12.8. The molecule has 0 bridgehead atoms. The Morgan fingerprint density at radius 2 is 1.95 bits per heavy atom. The highest BCUT2D eigenvalue weighted by Gasteiger charge is 2.19. The molecular weight excluding hydrogens is 274 g/mol. The number of rotatable bonds is 7. The van der Waals surface area contributed by atoms with Crippen molar-refractivity contribution in [1.82, 2.24) is 5.32 Å². The summed E-state index contributed by atoms with van der Waals surface area (Å²) in [7, 11) is 1.52. The molecule has 6 nitrogen and oxygen atoms in total. The van der Waals surface area contributed by atoms with E-state index in [9.17, 15) is 9.59 Å². The van der Waals surface area contributed by atoms with E-state index in [-0.39, 0.29) is 5.91 Å². The lowest BCUT2D eigenvalue weighted by molar-refractivity contribution is -0.128. The van der Waals surface area contributed by atoms with E-state index in [1.54, 1.807) is 19.1 Å². The number of ether oxygens (including phenoxy) is 3. The van der Waals surface area contributed by atoms with Crippen molar-refractivity contribution in [3.05, 3.63) is 23.8 Å². The summed E-state index contributed by atoms with van der Waals surface area (Å²) in [5, 5.41) is 2.59. The number of nitrogens with one attached hydrogen (secondary N) is 1. The molecule has 0 saturated carbocycles. The van der Waals surface area contributed by atoms with Crippen LogP contribution >= 0.6 is 0 Å². The first-order valence-corrected chi connectivity index (χ1v) is 6.83. The van der Waals surface area contributed by atoms with Crippen LogP contribution in [0.25, 0.3) is 0 Å². The first kappa shape index (κ1) is 16.8. The minimum Gasteiger partial charge on any atom is -0.493 e. The maximum absolute atomic E-state index is 12.0. The van der Waals surface area contributed by atoms with E-state index in [1.165, 1.54) is 20.1 Å². The van der Waals surface area contributed by atoms with Crippen LogP contribution in [-0.4, -0.2) is 38.2 Å². The van der Waals surface area contributed by atoms with Crippen molar-refractivity contribution in [2.45, 2.75) is 26.9 Å². The molecule has 0 radical (unpaired) electrons. The SMILES string of the molecule is CCNC(=O)[C@@H](C)OC(=O)c1ccc(OC)c(OCC)c1. The molecule has 116 valence electrons. The van der Waals surface area contributed by atoms with Crippen LogP contribution in [0.1, 0.15) is 31.1 Å². The van der Waals surface area contributed by atoms with Crippen LogP contribution in [-0.2, 0) is 9.53 Å². The normalized spacial score (nSPS) is 11.4. The fourth-order valence-electron chi connectivity index (χ4n) is 1.67. The quantitative estimate of drug-likeness (QED) is 0.776. The Hall–Kier alpha value is -2.24. The number of hydrogen-bond donors (Lipinski definition) is 1. The zero-order valence-electron chi connectivity index (χ0n) is 12.8. The standard InChI is InChI=1S/C15H21NO5/c1-5-16-14(17)10(3)21-15(18)11-7-8-12(19-4)13(9-11)20-6-2/h7-10H,5-6H2,1-4H3,(H,16,17)/t10-/m1/s1. The molecule has 1 rings (SSSR count). The smallest absolute Gasteiger partial charge is 0.339 e. The summed E-state index contributed by atoms with van der Waals surface area (Å²) in [5.41, 5.74) is 0.301. The van der Waals surface area contributed by atoms with Gasteiger partial charge >= 0.3 is 5.97 Å². The van der Waals surface area contributed by atoms with Crippen molar-refractivity contribution in [2.75, 3.05) is 20.3 Å². The predicted molar refractivity (Wildman–Crippen MR) is 77.7 cm³/mol. The molecule has 6 heteroatoms. The van der Waals surface area contributed by atoms with Gasteiger partial charge in [-0.25, -0.2) is 4.79 Å². The number of carbonyl (C=O) groups excluding carboxylic acids is 2. The highest BCUT2D eigenvalue weighted by molar-refractivity contribution is 5.92. The third-order valence-electron chi connectivity index (χ3n) is 2.70. The number of amides is 1. The Bertz CT molecular complexity index is 501. The Kier molecular flexibility index (Phi) is 6.52. The molecular formula is C15H21NO5. The summed E-state index contributed by atoms with van der Waals surface area (Å²) in [6.45, 7) is 6.09. The van der Waals surface area contributed by atoms with Crippen molar-refractivity contribution in [3.63, 3.8) is 0 Å². The van der Waals surface area contributed by atoms with E-state index in [2.05, 4.69) is 5.32 Å². The van der Waals surface area contributed by atoms with Crippen molar-refractivity contribution < 1.29 is 23.8 Å². The van der Waals surface area contributed by atoms with Gasteiger partial charge in [0.05, 0.1) is 19.3 Å². The number of benzene rings is 1. The van der Waals surface area contributed by atoms with Crippen molar-refractivity contribution in [2.24, 2.45) is 0 Å². The van der Waals surface area contributed by atoms with Gasteiger partial charge in [0, 0.05) is 6.54 Å². The fraction of sp³-hybridized carbons (Fsp3) is 0.467. The van der Waals surface area contributed by atoms with Crippen molar-refractivity contribution in [1.29, 1.82) is 0 Å². The molecule has 1 N–H and O–H groups in total. The molecule has 0 saturated heterocycles. The molecule has 0 aliphatic heterocycles. The second-order valence-electron chi connectivity index (χ2n) is 4.24. The maximum Gasteiger partial charge on any atom is 0.339 e. The van der Waals surface area contributed by atoms with Crippen LogP contribution in [0.2, 0.25) is 0 Å². The molecule has 1 amide bonds. The largest absolute Gasteiger partial charge is 0.493 e. The first-order chi connectivity index (χ1) is 10.0.